The van der Waals surface area contributed by atoms with Gasteiger partial charge in [-0.15, -0.1) is 0 Å². The van der Waals surface area contributed by atoms with Crippen LogP contribution in [0.4, 0.5) is 4.39 Å². The number of benzene rings is 1. The number of hydrogen-bond donors (Lipinski definition) is 2. The quantitative estimate of drug-likeness (QED) is 0.488. The molecule has 1 aliphatic heterocycles. The van der Waals surface area contributed by atoms with E-state index in [1.54, 1.807) is 19.2 Å². The van der Waals surface area contributed by atoms with Crippen LogP contribution in [0.5, 0.6) is 0 Å². The summed E-state index contributed by atoms with van der Waals surface area (Å²) in [6, 6.07) is 4.48. The molecule has 2 N–H and O–H groups in total. The maximum atomic E-state index is 14.5. The SMILES string of the molecule is CN=C(NCC(c1c(F)cccc1Cl)N1CCCC1)NC(C)CCS(C)(=O)=O. The Morgan fingerprint density at radius 1 is 1.36 bits per heavy atom. The zero-order valence-electron chi connectivity index (χ0n) is 16.7. The number of hydrogen-bond acceptors (Lipinski definition) is 4. The largest absolute Gasteiger partial charge is 0.354 e. The molecule has 0 amide bonds. The molecule has 0 spiro atoms. The summed E-state index contributed by atoms with van der Waals surface area (Å²) in [6.45, 7) is 4.14. The Balaban J connectivity index is 2.05. The summed E-state index contributed by atoms with van der Waals surface area (Å²) in [4.78, 5) is 6.44. The second-order valence-corrected chi connectivity index (χ2v) is 9.98. The smallest absolute Gasteiger partial charge is 0.191 e. The molecule has 1 aliphatic rings. The van der Waals surface area contributed by atoms with E-state index in [0.717, 1.165) is 25.9 Å². The zero-order chi connectivity index (χ0) is 20.7. The van der Waals surface area contributed by atoms with Gasteiger partial charge in [0.1, 0.15) is 15.7 Å². The Hall–Kier alpha value is -1.38. The number of likely N-dealkylation sites (tertiary alicyclic amines) is 1. The van der Waals surface area contributed by atoms with Crippen LogP contribution in [-0.2, 0) is 9.84 Å². The molecule has 6 nitrogen and oxygen atoms in total. The highest BCUT2D eigenvalue weighted by molar-refractivity contribution is 7.90. The Kier molecular flexibility index (Phi) is 8.52. The van der Waals surface area contributed by atoms with Crippen LogP contribution in [0, 0.1) is 5.82 Å². The average molecular weight is 433 g/mol. The zero-order valence-corrected chi connectivity index (χ0v) is 18.3. The summed E-state index contributed by atoms with van der Waals surface area (Å²) in [5.41, 5.74) is 0.499. The average Bonchev–Trinajstić information content (AvgIpc) is 3.15. The fraction of sp³-hybridized carbons (Fsp3) is 0.632. The van der Waals surface area contributed by atoms with E-state index in [1.807, 2.05) is 6.92 Å². The second-order valence-electron chi connectivity index (χ2n) is 7.31. The molecule has 2 rings (SSSR count). The minimum atomic E-state index is -3.01. The van der Waals surface area contributed by atoms with Gasteiger partial charge in [-0.1, -0.05) is 17.7 Å². The van der Waals surface area contributed by atoms with Gasteiger partial charge in [-0.3, -0.25) is 9.89 Å². The number of aliphatic imine (C=N–C) groups is 1. The first kappa shape index (κ1) is 22.9. The van der Waals surface area contributed by atoms with Crippen molar-refractivity contribution in [3.8, 4) is 0 Å². The second kappa shape index (κ2) is 10.4. The molecule has 0 radical (unpaired) electrons. The van der Waals surface area contributed by atoms with Crippen LogP contribution < -0.4 is 10.6 Å². The molecule has 0 aliphatic carbocycles. The van der Waals surface area contributed by atoms with Crippen molar-refractivity contribution in [1.82, 2.24) is 15.5 Å². The molecule has 2 unspecified atom stereocenters. The number of halogens is 2. The van der Waals surface area contributed by atoms with Gasteiger partial charge in [0.25, 0.3) is 0 Å². The molecule has 0 bridgehead atoms. The molecule has 9 heteroatoms. The van der Waals surface area contributed by atoms with E-state index in [0.29, 0.717) is 29.5 Å². The first-order valence-electron chi connectivity index (χ1n) is 9.54. The Morgan fingerprint density at radius 3 is 2.61 bits per heavy atom. The third-order valence-electron chi connectivity index (χ3n) is 4.91. The van der Waals surface area contributed by atoms with Crippen molar-refractivity contribution >= 4 is 27.4 Å². The van der Waals surface area contributed by atoms with Gasteiger partial charge in [-0.2, -0.15) is 0 Å². The summed E-state index contributed by atoms with van der Waals surface area (Å²) < 4.78 is 37.2. The van der Waals surface area contributed by atoms with Crippen molar-refractivity contribution in [2.75, 3.05) is 38.7 Å². The van der Waals surface area contributed by atoms with Crippen molar-refractivity contribution in [1.29, 1.82) is 0 Å². The van der Waals surface area contributed by atoms with Gasteiger partial charge in [0.15, 0.2) is 5.96 Å². The molecule has 0 saturated carbocycles. The lowest BCUT2D eigenvalue weighted by molar-refractivity contribution is 0.240. The number of nitrogens with zero attached hydrogens (tertiary/aromatic N) is 2. The van der Waals surface area contributed by atoms with Crippen molar-refractivity contribution in [2.24, 2.45) is 4.99 Å². The molecule has 1 aromatic rings. The van der Waals surface area contributed by atoms with Crippen LogP contribution in [-0.4, -0.2) is 64.0 Å². The first-order valence-corrected chi connectivity index (χ1v) is 12.0. The lowest BCUT2D eigenvalue weighted by Gasteiger charge is -2.30. The highest BCUT2D eigenvalue weighted by Gasteiger charge is 2.28. The van der Waals surface area contributed by atoms with Gasteiger partial charge in [0.05, 0.1) is 11.8 Å². The topological polar surface area (TPSA) is 73.8 Å². The molecule has 28 heavy (non-hydrogen) atoms. The van der Waals surface area contributed by atoms with Crippen LogP contribution >= 0.6 is 11.6 Å². The van der Waals surface area contributed by atoms with E-state index in [9.17, 15) is 12.8 Å². The predicted molar refractivity (Wildman–Crippen MR) is 113 cm³/mol. The fourth-order valence-electron chi connectivity index (χ4n) is 3.38. The van der Waals surface area contributed by atoms with Crippen molar-refractivity contribution < 1.29 is 12.8 Å². The molecular formula is C19H30ClFN4O2S. The third-order valence-corrected chi connectivity index (χ3v) is 6.21. The minimum Gasteiger partial charge on any atom is -0.354 e. The monoisotopic (exact) mass is 432 g/mol. The standard InChI is InChI=1S/C19H30ClFN4O2S/c1-14(9-12-28(3,26)27)24-19(22-2)23-13-17(25-10-4-5-11-25)18-15(20)7-6-8-16(18)21/h6-8,14,17H,4-5,9-13H2,1-3H3,(H2,22,23,24). The summed E-state index contributed by atoms with van der Waals surface area (Å²) in [5.74, 6) is 0.354. The summed E-state index contributed by atoms with van der Waals surface area (Å²) in [6.07, 6.45) is 3.87. The van der Waals surface area contributed by atoms with Crippen molar-refractivity contribution in [2.45, 2.75) is 38.3 Å². The molecular weight excluding hydrogens is 403 g/mol. The highest BCUT2D eigenvalue weighted by atomic mass is 35.5. The van der Waals surface area contributed by atoms with Gasteiger partial charge in [0, 0.05) is 36.5 Å². The number of nitrogens with one attached hydrogen (secondary N) is 2. The van der Waals surface area contributed by atoms with E-state index in [4.69, 9.17) is 11.6 Å². The van der Waals surface area contributed by atoms with Gasteiger partial charge in [-0.25, -0.2) is 12.8 Å². The van der Waals surface area contributed by atoms with E-state index in [2.05, 4.69) is 20.5 Å². The summed E-state index contributed by atoms with van der Waals surface area (Å²) in [5, 5.41) is 6.86. The molecule has 158 valence electrons. The molecule has 2 atom stereocenters. The van der Waals surface area contributed by atoms with E-state index in [1.165, 1.54) is 12.3 Å². The highest BCUT2D eigenvalue weighted by Crippen LogP contribution is 2.31. The Morgan fingerprint density at radius 2 is 2.04 bits per heavy atom. The molecule has 1 fully saturated rings. The van der Waals surface area contributed by atoms with E-state index < -0.39 is 9.84 Å². The van der Waals surface area contributed by atoms with Crippen LogP contribution in [0.2, 0.25) is 5.02 Å². The lowest BCUT2D eigenvalue weighted by Crippen LogP contribution is -2.46. The van der Waals surface area contributed by atoms with Crippen molar-refractivity contribution in [3.63, 3.8) is 0 Å². The van der Waals surface area contributed by atoms with Crippen LogP contribution in [0.1, 0.15) is 37.8 Å². The number of rotatable bonds is 8. The molecule has 0 aromatic heterocycles. The normalized spacial score (nSPS) is 18.1. The fourth-order valence-corrected chi connectivity index (χ4v) is 4.45. The van der Waals surface area contributed by atoms with Crippen molar-refractivity contribution in [3.05, 3.63) is 34.6 Å². The molecule has 1 saturated heterocycles. The van der Waals surface area contributed by atoms with Gasteiger partial charge >= 0.3 is 0 Å². The Labute approximate surface area is 172 Å². The van der Waals surface area contributed by atoms with Crippen LogP contribution in [0.3, 0.4) is 0 Å². The minimum absolute atomic E-state index is 0.0665. The number of guanidine groups is 1. The van der Waals surface area contributed by atoms with E-state index in [-0.39, 0.29) is 23.7 Å². The van der Waals surface area contributed by atoms with Crippen LogP contribution in [0.15, 0.2) is 23.2 Å². The van der Waals surface area contributed by atoms with Gasteiger partial charge in [-0.05, 0) is 51.4 Å². The predicted octanol–water partition coefficient (Wildman–Crippen LogP) is 2.60. The number of sulfone groups is 1. The summed E-state index contributed by atoms with van der Waals surface area (Å²) >= 11 is 6.32. The lowest BCUT2D eigenvalue weighted by atomic mass is 10.0. The summed E-state index contributed by atoms with van der Waals surface area (Å²) in [7, 11) is -1.36. The van der Waals surface area contributed by atoms with Gasteiger partial charge < -0.3 is 10.6 Å². The molecule has 1 aromatic carbocycles. The van der Waals surface area contributed by atoms with Gasteiger partial charge in [0.2, 0.25) is 0 Å². The maximum Gasteiger partial charge on any atom is 0.191 e. The third kappa shape index (κ3) is 6.90. The van der Waals surface area contributed by atoms with E-state index >= 15 is 0 Å². The van der Waals surface area contributed by atoms with Crippen LogP contribution in [0.25, 0.3) is 0 Å². The maximum absolute atomic E-state index is 14.5. The first-order chi connectivity index (χ1) is 13.2. The molecule has 1 heterocycles. The Bertz CT molecular complexity index is 762.